The molecule has 94 valence electrons. The van der Waals surface area contributed by atoms with E-state index in [1.807, 2.05) is 0 Å². The highest BCUT2D eigenvalue weighted by Gasteiger charge is 2.27. The van der Waals surface area contributed by atoms with Crippen molar-refractivity contribution in [2.75, 3.05) is 5.73 Å². The van der Waals surface area contributed by atoms with Crippen molar-refractivity contribution in [3.8, 4) is 0 Å². The molecule has 1 aromatic heterocycles. The van der Waals surface area contributed by atoms with Gasteiger partial charge < -0.3 is 5.73 Å². The molecular weight excluding hydrogens is 218 g/mol. The molecule has 17 heavy (non-hydrogen) atoms. The summed E-state index contributed by atoms with van der Waals surface area (Å²) in [4.78, 5) is 25.2. The lowest BCUT2D eigenvalue weighted by Crippen LogP contribution is -2.36. The second kappa shape index (κ2) is 4.39. The summed E-state index contributed by atoms with van der Waals surface area (Å²) in [6.07, 6.45) is 2.98. The average Bonchev–Trinajstić information content (AvgIpc) is 2.21. The van der Waals surface area contributed by atoms with Crippen LogP contribution in [0.5, 0.6) is 0 Å². The Bertz CT molecular complexity index is 517. The first-order valence-electron chi connectivity index (χ1n) is 6.10. The van der Waals surface area contributed by atoms with Gasteiger partial charge in [0.25, 0.3) is 5.56 Å². The van der Waals surface area contributed by atoms with E-state index in [0.717, 1.165) is 19.3 Å². The summed E-state index contributed by atoms with van der Waals surface area (Å²) in [6, 6.07) is 1.40. The Morgan fingerprint density at radius 3 is 2.59 bits per heavy atom. The maximum Gasteiger partial charge on any atom is 0.330 e. The molecule has 1 saturated carbocycles. The summed E-state index contributed by atoms with van der Waals surface area (Å²) in [5.41, 5.74) is 4.96. The molecule has 0 amide bonds. The summed E-state index contributed by atoms with van der Waals surface area (Å²) < 4.78 is 1.53. The average molecular weight is 237 g/mol. The lowest BCUT2D eigenvalue weighted by molar-refractivity contribution is 0.208. The first-order valence-corrected chi connectivity index (χ1v) is 6.10. The zero-order valence-electron chi connectivity index (χ0n) is 10.3. The molecule has 2 rings (SSSR count). The highest BCUT2D eigenvalue weighted by molar-refractivity contribution is 5.27. The highest BCUT2D eigenvalue weighted by atomic mass is 16.2. The minimum absolute atomic E-state index is 0.116. The Morgan fingerprint density at radius 2 is 2.00 bits per heavy atom. The van der Waals surface area contributed by atoms with Crippen LogP contribution in [-0.2, 0) is 0 Å². The Labute approximate surface area is 99.7 Å². The summed E-state index contributed by atoms with van der Waals surface area (Å²) >= 11 is 0. The topological polar surface area (TPSA) is 80.9 Å². The molecule has 1 aliphatic carbocycles. The van der Waals surface area contributed by atoms with Gasteiger partial charge in [0.15, 0.2) is 0 Å². The highest BCUT2D eigenvalue weighted by Crippen LogP contribution is 2.35. The normalized spacial score (nSPS) is 29.2. The predicted octanol–water partition coefficient (Wildman–Crippen LogP) is 1.12. The predicted molar refractivity (Wildman–Crippen MR) is 67.0 cm³/mol. The molecule has 3 atom stereocenters. The minimum Gasteiger partial charge on any atom is -0.385 e. The van der Waals surface area contributed by atoms with Gasteiger partial charge in [-0.2, -0.15) is 0 Å². The molecule has 0 radical (unpaired) electrons. The number of nitrogens with two attached hydrogens (primary N) is 1. The number of H-pyrrole nitrogens is 1. The fourth-order valence-corrected chi connectivity index (χ4v) is 2.65. The van der Waals surface area contributed by atoms with Gasteiger partial charge in [-0.15, -0.1) is 0 Å². The SMILES string of the molecule is CC1CCC(n2c(N)cc(=O)[nH]c2=O)CC1C. The third kappa shape index (κ3) is 2.28. The summed E-state index contributed by atoms with van der Waals surface area (Å²) in [5, 5.41) is 0. The van der Waals surface area contributed by atoms with E-state index < -0.39 is 5.56 Å². The van der Waals surface area contributed by atoms with E-state index in [4.69, 9.17) is 5.73 Å². The second-order valence-corrected chi connectivity index (χ2v) is 5.16. The molecule has 0 saturated heterocycles. The number of nitrogens with one attached hydrogen (secondary N) is 1. The monoisotopic (exact) mass is 237 g/mol. The van der Waals surface area contributed by atoms with Crippen molar-refractivity contribution in [3.05, 3.63) is 26.9 Å². The van der Waals surface area contributed by atoms with Gasteiger partial charge in [-0.3, -0.25) is 14.3 Å². The quantitative estimate of drug-likeness (QED) is 0.768. The van der Waals surface area contributed by atoms with Gasteiger partial charge >= 0.3 is 5.69 Å². The van der Waals surface area contributed by atoms with Gasteiger partial charge in [-0.25, -0.2) is 4.79 Å². The van der Waals surface area contributed by atoms with Crippen LogP contribution >= 0.6 is 0 Å². The van der Waals surface area contributed by atoms with Crippen LogP contribution in [0.15, 0.2) is 15.7 Å². The Morgan fingerprint density at radius 1 is 1.29 bits per heavy atom. The lowest BCUT2D eigenvalue weighted by Gasteiger charge is -2.33. The molecule has 5 nitrogen and oxygen atoms in total. The Hall–Kier alpha value is -1.52. The van der Waals surface area contributed by atoms with Crippen molar-refractivity contribution in [1.29, 1.82) is 0 Å². The van der Waals surface area contributed by atoms with Gasteiger partial charge in [0.2, 0.25) is 0 Å². The van der Waals surface area contributed by atoms with E-state index in [2.05, 4.69) is 18.8 Å². The number of hydrogen-bond acceptors (Lipinski definition) is 3. The number of nitrogens with zero attached hydrogens (tertiary/aromatic N) is 1. The Balaban J connectivity index is 2.35. The van der Waals surface area contributed by atoms with Crippen LogP contribution in [0.25, 0.3) is 0 Å². The molecule has 1 aromatic rings. The van der Waals surface area contributed by atoms with E-state index in [1.54, 1.807) is 0 Å². The molecule has 1 fully saturated rings. The van der Waals surface area contributed by atoms with Crippen molar-refractivity contribution in [1.82, 2.24) is 9.55 Å². The molecule has 3 N–H and O–H groups in total. The number of aromatic nitrogens is 2. The zero-order valence-corrected chi connectivity index (χ0v) is 10.3. The number of aromatic amines is 1. The van der Waals surface area contributed by atoms with E-state index in [-0.39, 0.29) is 17.5 Å². The first-order chi connectivity index (χ1) is 7.99. The van der Waals surface area contributed by atoms with Crippen molar-refractivity contribution in [2.45, 2.75) is 39.2 Å². The van der Waals surface area contributed by atoms with Crippen LogP contribution in [0.4, 0.5) is 5.82 Å². The standard InChI is InChI=1S/C12H19N3O2/c1-7-3-4-9(5-8(7)2)15-10(13)6-11(16)14-12(15)17/h6-9H,3-5,13H2,1-2H3,(H,14,16,17). The molecule has 0 bridgehead atoms. The van der Waals surface area contributed by atoms with Gasteiger partial charge in [0, 0.05) is 12.1 Å². The van der Waals surface area contributed by atoms with Crippen molar-refractivity contribution in [3.63, 3.8) is 0 Å². The fraction of sp³-hybridized carbons (Fsp3) is 0.667. The van der Waals surface area contributed by atoms with Crippen LogP contribution in [0.1, 0.15) is 39.2 Å². The number of rotatable bonds is 1. The van der Waals surface area contributed by atoms with E-state index >= 15 is 0 Å². The van der Waals surface area contributed by atoms with Gasteiger partial charge in [-0.05, 0) is 31.1 Å². The molecule has 1 heterocycles. The smallest absolute Gasteiger partial charge is 0.330 e. The molecule has 0 aromatic carbocycles. The van der Waals surface area contributed by atoms with Crippen molar-refractivity contribution >= 4 is 5.82 Å². The van der Waals surface area contributed by atoms with Crippen LogP contribution < -0.4 is 17.0 Å². The molecular formula is C12H19N3O2. The van der Waals surface area contributed by atoms with Crippen LogP contribution in [-0.4, -0.2) is 9.55 Å². The number of anilines is 1. The lowest BCUT2D eigenvalue weighted by atomic mass is 9.79. The van der Waals surface area contributed by atoms with E-state index in [1.165, 1.54) is 10.6 Å². The summed E-state index contributed by atoms with van der Waals surface area (Å²) in [6.45, 7) is 4.43. The molecule has 0 spiro atoms. The van der Waals surface area contributed by atoms with Gasteiger partial charge in [0.1, 0.15) is 5.82 Å². The van der Waals surface area contributed by atoms with E-state index in [0.29, 0.717) is 11.8 Å². The minimum atomic E-state index is -0.430. The number of hydrogen-bond donors (Lipinski definition) is 2. The Kier molecular flexibility index (Phi) is 3.09. The summed E-state index contributed by atoms with van der Waals surface area (Å²) in [5.74, 6) is 1.53. The maximum absolute atomic E-state index is 11.8. The van der Waals surface area contributed by atoms with Crippen molar-refractivity contribution < 1.29 is 0 Å². The molecule has 1 aliphatic rings. The van der Waals surface area contributed by atoms with Crippen molar-refractivity contribution in [2.24, 2.45) is 11.8 Å². The largest absolute Gasteiger partial charge is 0.385 e. The molecule has 3 unspecified atom stereocenters. The second-order valence-electron chi connectivity index (χ2n) is 5.16. The third-order valence-corrected chi connectivity index (χ3v) is 3.94. The van der Waals surface area contributed by atoms with Gasteiger partial charge in [-0.1, -0.05) is 13.8 Å². The van der Waals surface area contributed by atoms with Crippen LogP contribution in [0, 0.1) is 11.8 Å². The van der Waals surface area contributed by atoms with Crippen LogP contribution in [0.2, 0.25) is 0 Å². The maximum atomic E-state index is 11.8. The molecule has 5 heteroatoms. The first kappa shape index (κ1) is 12.0. The zero-order chi connectivity index (χ0) is 12.6. The van der Waals surface area contributed by atoms with E-state index in [9.17, 15) is 9.59 Å². The summed E-state index contributed by atoms with van der Waals surface area (Å²) in [7, 11) is 0. The number of nitrogen functional groups attached to an aromatic ring is 1. The fourth-order valence-electron chi connectivity index (χ4n) is 2.65. The third-order valence-electron chi connectivity index (χ3n) is 3.94. The molecule has 0 aliphatic heterocycles. The van der Waals surface area contributed by atoms with Gasteiger partial charge in [0.05, 0.1) is 0 Å². The van der Waals surface area contributed by atoms with Crippen LogP contribution in [0.3, 0.4) is 0 Å².